The minimum atomic E-state index is -0.286. The minimum Gasteiger partial charge on any atom is -0.506 e. The largest absolute Gasteiger partial charge is 0.506 e. The topological polar surface area (TPSA) is 97.1 Å². The predicted octanol–water partition coefficient (Wildman–Crippen LogP) is 1.76. The first-order chi connectivity index (χ1) is 12.0. The number of rotatable bonds is 6. The molecule has 0 unspecified atom stereocenters. The van der Waals surface area contributed by atoms with Crippen molar-refractivity contribution in [1.29, 1.82) is 0 Å². The van der Waals surface area contributed by atoms with Crippen LogP contribution in [0.25, 0.3) is 16.7 Å². The molecule has 0 radical (unpaired) electrons. The molecular formula is C18H18N4O3. The SMILES string of the molecule is CC(=O)CC(=O)NCCc1ccc(O)c(-n2nc3ccccc3n2)c1. The molecule has 3 aromatic rings. The smallest absolute Gasteiger partial charge is 0.227 e. The molecular weight excluding hydrogens is 320 g/mol. The molecule has 0 saturated carbocycles. The number of aromatic hydroxyl groups is 1. The van der Waals surface area contributed by atoms with E-state index in [-0.39, 0.29) is 23.9 Å². The summed E-state index contributed by atoms with van der Waals surface area (Å²) < 4.78 is 0. The summed E-state index contributed by atoms with van der Waals surface area (Å²) in [4.78, 5) is 23.8. The lowest BCUT2D eigenvalue weighted by atomic mass is 10.1. The van der Waals surface area contributed by atoms with Crippen LogP contribution in [-0.4, -0.2) is 38.3 Å². The Morgan fingerprint density at radius 1 is 1.12 bits per heavy atom. The second kappa shape index (κ2) is 7.12. The van der Waals surface area contributed by atoms with Crippen molar-refractivity contribution in [2.24, 2.45) is 0 Å². The number of aromatic nitrogens is 3. The quantitative estimate of drug-likeness (QED) is 0.668. The Morgan fingerprint density at radius 3 is 2.44 bits per heavy atom. The highest BCUT2D eigenvalue weighted by Crippen LogP contribution is 2.23. The van der Waals surface area contributed by atoms with E-state index in [1.54, 1.807) is 18.2 Å². The highest BCUT2D eigenvalue weighted by atomic mass is 16.3. The Kier molecular flexibility index (Phi) is 4.74. The molecule has 0 aliphatic heterocycles. The summed E-state index contributed by atoms with van der Waals surface area (Å²) in [5, 5.41) is 21.5. The first kappa shape index (κ1) is 16.6. The van der Waals surface area contributed by atoms with E-state index in [4.69, 9.17) is 0 Å². The molecule has 0 atom stereocenters. The number of Topliss-reactive ketones (excluding diaryl/α,β-unsaturated/α-hetero) is 1. The van der Waals surface area contributed by atoms with Gasteiger partial charge in [-0.15, -0.1) is 15.0 Å². The van der Waals surface area contributed by atoms with Crippen molar-refractivity contribution in [3.63, 3.8) is 0 Å². The molecule has 128 valence electrons. The van der Waals surface area contributed by atoms with Gasteiger partial charge >= 0.3 is 0 Å². The molecule has 1 heterocycles. The van der Waals surface area contributed by atoms with E-state index in [1.165, 1.54) is 11.7 Å². The van der Waals surface area contributed by atoms with Crippen LogP contribution in [0.15, 0.2) is 42.5 Å². The summed E-state index contributed by atoms with van der Waals surface area (Å²) in [7, 11) is 0. The molecule has 25 heavy (non-hydrogen) atoms. The third kappa shape index (κ3) is 4.00. The Hall–Kier alpha value is -3.22. The number of fused-ring (bicyclic) bond motifs is 1. The van der Waals surface area contributed by atoms with Gasteiger partial charge in [0, 0.05) is 6.54 Å². The summed E-state index contributed by atoms with van der Waals surface area (Å²) >= 11 is 0. The lowest BCUT2D eigenvalue weighted by molar-refractivity contribution is -0.127. The van der Waals surface area contributed by atoms with E-state index >= 15 is 0 Å². The van der Waals surface area contributed by atoms with Gasteiger partial charge in [0.2, 0.25) is 5.91 Å². The maximum atomic E-state index is 11.5. The fraction of sp³-hybridized carbons (Fsp3) is 0.222. The van der Waals surface area contributed by atoms with Crippen molar-refractivity contribution < 1.29 is 14.7 Å². The molecule has 0 bridgehead atoms. The van der Waals surface area contributed by atoms with E-state index in [0.717, 1.165) is 16.6 Å². The first-order valence-corrected chi connectivity index (χ1v) is 7.93. The molecule has 3 rings (SSSR count). The molecule has 2 aromatic carbocycles. The van der Waals surface area contributed by atoms with Crippen LogP contribution in [0, 0.1) is 0 Å². The normalized spacial score (nSPS) is 10.8. The number of carbonyl (C=O) groups excluding carboxylic acids is 2. The van der Waals surface area contributed by atoms with Crippen LogP contribution in [0.1, 0.15) is 18.9 Å². The van der Waals surface area contributed by atoms with Gasteiger partial charge in [-0.3, -0.25) is 9.59 Å². The first-order valence-electron chi connectivity index (χ1n) is 7.93. The molecule has 1 aromatic heterocycles. The van der Waals surface area contributed by atoms with Gasteiger partial charge < -0.3 is 10.4 Å². The molecule has 0 spiro atoms. The van der Waals surface area contributed by atoms with E-state index in [9.17, 15) is 14.7 Å². The molecule has 0 fully saturated rings. The highest BCUT2D eigenvalue weighted by molar-refractivity contribution is 5.96. The van der Waals surface area contributed by atoms with Crippen LogP contribution in [0.4, 0.5) is 0 Å². The average molecular weight is 338 g/mol. The molecule has 1 amide bonds. The number of benzene rings is 2. The average Bonchev–Trinajstić information content (AvgIpc) is 2.99. The summed E-state index contributed by atoms with van der Waals surface area (Å²) in [6, 6.07) is 12.6. The van der Waals surface area contributed by atoms with Crippen molar-refractivity contribution in [2.75, 3.05) is 6.54 Å². The molecule has 0 aliphatic carbocycles. The maximum absolute atomic E-state index is 11.5. The second-order valence-corrected chi connectivity index (χ2v) is 5.78. The van der Waals surface area contributed by atoms with Gasteiger partial charge in [0.1, 0.15) is 28.3 Å². The van der Waals surface area contributed by atoms with Crippen molar-refractivity contribution >= 4 is 22.7 Å². The Bertz CT molecular complexity index is 900. The van der Waals surface area contributed by atoms with Crippen LogP contribution in [0.2, 0.25) is 0 Å². The van der Waals surface area contributed by atoms with Gasteiger partial charge in [-0.2, -0.15) is 0 Å². The third-order valence-electron chi connectivity index (χ3n) is 3.69. The summed E-state index contributed by atoms with van der Waals surface area (Å²) in [6.45, 7) is 1.79. The Morgan fingerprint density at radius 2 is 1.80 bits per heavy atom. The number of hydrogen-bond donors (Lipinski definition) is 2. The van der Waals surface area contributed by atoms with E-state index in [1.807, 2.05) is 24.3 Å². The van der Waals surface area contributed by atoms with Gasteiger partial charge in [-0.05, 0) is 43.2 Å². The van der Waals surface area contributed by atoms with Gasteiger partial charge in [0.15, 0.2) is 0 Å². The predicted molar refractivity (Wildman–Crippen MR) is 92.5 cm³/mol. The Labute approximate surface area is 144 Å². The van der Waals surface area contributed by atoms with Gasteiger partial charge in [-0.1, -0.05) is 18.2 Å². The highest BCUT2D eigenvalue weighted by Gasteiger charge is 2.10. The van der Waals surface area contributed by atoms with E-state index < -0.39 is 0 Å². The van der Waals surface area contributed by atoms with Crippen LogP contribution in [-0.2, 0) is 16.0 Å². The maximum Gasteiger partial charge on any atom is 0.227 e. The Balaban J connectivity index is 1.74. The van der Waals surface area contributed by atoms with Gasteiger partial charge in [0.25, 0.3) is 0 Å². The lowest BCUT2D eigenvalue weighted by Crippen LogP contribution is -2.27. The van der Waals surface area contributed by atoms with Gasteiger partial charge in [-0.25, -0.2) is 0 Å². The zero-order chi connectivity index (χ0) is 17.8. The molecule has 2 N–H and O–H groups in total. The van der Waals surface area contributed by atoms with Crippen molar-refractivity contribution in [3.8, 4) is 11.4 Å². The van der Waals surface area contributed by atoms with Gasteiger partial charge in [0.05, 0.1) is 6.42 Å². The lowest BCUT2D eigenvalue weighted by Gasteiger charge is -2.08. The number of phenolic OH excluding ortho intramolecular Hbond substituents is 1. The van der Waals surface area contributed by atoms with Crippen LogP contribution < -0.4 is 5.32 Å². The van der Waals surface area contributed by atoms with E-state index in [0.29, 0.717) is 18.7 Å². The fourth-order valence-corrected chi connectivity index (χ4v) is 2.49. The fourth-order valence-electron chi connectivity index (χ4n) is 2.49. The molecule has 7 nitrogen and oxygen atoms in total. The standard InChI is InChI=1S/C18H18N4O3/c1-12(23)10-18(25)19-9-8-13-6-7-17(24)16(11-13)22-20-14-4-2-3-5-15(14)21-22/h2-7,11,24H,8-10H2,1H3,(H,19,25). The van der Waals surface area contributed by atoms with Crippen molar-refractivity contribution in [1.82, 2.24) is 20.3 Å². The number of phenols is 1. The van der Waals surface area contributed by atoms with Crippen LogP contribution >= 0.6 is 0 Å². The number of amides is 1. The van der Waals surface area contributed by atoms with E-state index in [2.05, 4.69) is 15.5 Å². The summed E-state index contributed by atoms with van der Waals surface area (Å²) in [5.74, 6) is -0.377. The van der Waals surface area contributed by atoms with Crippen molar-refractivity contribution in [2.45, 2.75) is 19.8 Å². The number of carbonyl (C=O) groups is 2. The van der Waals surface area contributed by atoms with Crippen LogP contribution in [0.5, 0.6) is 5.75 Å². The second-order valence-electron chi connectivity index (χ2n) is 5.78. The minimum absolute atomic E-state index is 0.0738. The third-order valence-corrected chi connectivity index (χ3v) is 3.69. The van der Waals surface area contributed by atoms with Crippen molar-refractivity contribution in [3.05, 3.63) is 48.0 Å². The zero-order valence-electron chi connectivity index (χ0n) is 13.8. The summed E-state index contributed by atoms with van der Waals surface area (Å²) in [5.41, 5.74) is 2.87. The molecule has 7 heteroatoms. The molecule has 0 aliphatic rings. The molecule has 0 saturated heterocycles. The summed E-state index contributed by atoms with van der Waals surface area (Å²) in [6.07, 6.45) is 0.461. The monoisotopic (exact) mass is 338 g/mol. The number of nitrogens with zero attached hydrogens (tertiary/aromatic N) is 3. The number of ketones is 1. The number of nitrogens with one attached hydrogen (secondary N) is 1. The van der Waals surface area contributed by atoms with Crippen LogP contribution in [0.3, 0.4) is 0 Å². The number of hydrogen-bond acceptors (Lipinski definition) is 5. The zero-order valence-corrected chi connectivity index (χ0v) is 13.8.